The van der Waals surface area contributed by atoms with Crippen molar-refractivity contribution in [1.29, 1.82) is 0 Å². The van der Waals surface area contributed by atoms with E-state index >= 15 is 0 Å². The van der Waals surface area contributed by atoms with Crippen LogP contribution in [0.5, 0.6) is 0 Å². The van der Waals surface area contributed by atoms with Crippen molar-refractivity contribution in [3.63, 3.8) is 0 Å². The molecule has 11 nitrogen and oxygen atoms in total. The van der Waals surface area contributed by atoms with Gasteiger partial charge in [0.1, 0.15) is 12.7 Å². The van der Waals surface area contributed by atoms with Gasteiger partial charge in [0.25, 0.3) is 0 Å². The van der Waals surface area contributed by atoms with Gasteiger partial charge in [-0.15, -0.1) is 0 Å². The Morgan fingerprint density at radius 3 is 1.07 bits per heavy atom. The lowest BCUT2D eigenvalue weighted by Gasteiger charge is -2.21. The molecule has 436 valence electrons. The summed E-state index contributed by atoms with van der Waals surface area (Å²) >= 11 is 0. The Kier molecular flexibility index (Phi) is 54.8. The first-order valence-electron chi connectivity index (χ1n) is 30.1. The van der Waals surface area contributed by atoms with Crippen LogP contribution < -0.4 is 0 Å². The average Bonchev–Trinajstić information content (AvgIpc) is 3.41. The molecule has 2 N–H and O–H groups in total. The third kappa shape index (κ3) is 55.2. The molecule has 0 bridgehead atoms. The molecule has 0 aliphatic rings. The van der Waals surface area contributed by atoms with Crippen LogP contribution in [0.1, 0.15) is 252 Å². The zero-order chi connectivity index (χ0) is 55.5. The molecule has 3 unspecified atom stereocenters. The van der Waals surface area contributed by atoms with Crippen molar-refractivity contribution in [1.82, 2.24) is 0 Å². The van der Waals surface area contributed by atoms with Crippen LogP contribution in [0.4, 0.5) is 0 Å². The fourth-order valence-electron chi connectivity index (χ4n) is 7.94. The Labute approximate surface area is 463 Å². The summed E-state index contributed by atoms with van der Waals surface area (Å²) in [6, 6.07) is 0. The van der Waals surface area contributed by atoms with Crippen molar-refractivity contribution < 1.29 is 52.2 Å². The molecule has 0 aromatic rings. The lowest BCUT2D eigenvalue weighted by molar-refractivity contribution is -0.161. The minimum absolute atomic E-state index is 0.149. The number of rotatable bonds is 55. The maximum atomic E-state index is 12.9. The zero-order valence-electron chi connectivity index (χ0n) is 48.2. The maximum Gasteiger partial charge on any atom is 0.472 e. The molecule has 0 radical (unpaired) electrons. The van der Waals surface area contributed by atoms with Crippen molar-refractivity contribution in [2.45, 2.75) is 264 Å². The van der Waals surface area contributed by atoms with E-state index < -0.39 is 57.8 Å². The Balaban J connectivity index is 4.77. The van der Waals surface area contributed by atoms with Crippen LogP contribution in [0.25, 0.3) is 0 Å². The SMILES string of the molecule is CC/C=C\C/C=C\C/C=C\C/C=C\CCCCCCCCC(=O)OCC(COP(=O)(O)OCC(CO)OC(=O)CCCCCCC/C=C\CCCCCC)OC(=O)CCCCCCCCC/C=C\C/C=C\C/C=C\CC. The van der Waals surface area contributed by atoms with Gasteiger partial charge in [0.05, 0.1) is 19.8 Å². The molecule has 12 heteroatoms. The predicted octanol–water partition coefficient (Wildman–Crippen LogP) is 18.0. The van der Waals surface area contributed by atoms with Crippen LogP contribution >= 0.6 is 7.82 Å². The van der Waals surface area contributed by atoms with Crippen LogP contribution in [-0.2, 0) is 42.2 Å². The number of carbonyl (C=O) groups is 3. The van der Waals surface area contributed by atoms with E-state index in [0.717, 1.165) is 161 Å². The average molecular weight is 1090 g/mol. The number of phosphoric acid groups is 1. The van der Waals surface area contributed by atoms with Gasteiger partial charge < -0.3 is 24.2 Å². The zero-order valence-corrected chi connectivity index (χ0v) is 49.1. The van der Waals surface area contributed by atoms with Gasteiger partial charge in [-0.2, -0.15) is 0 Å². The van der Waals surface area contributed by atoms with Crippen molar-refractivity contribution in [3.8, 4) is 0 Å². The molecule has 0 aliphatic carbocycles. The molecule has 0 saturated carbocycles. The van der Waals surface area contributed by atoms with Crippen LogP contribution in [0.3, 0.4) is 0 Å². The van der Waals surface area contributed by atoms with Crippen molar-refractivity contribution in [2.75, 3.05) is 26.4 Å². The molecule has 0 aromatic heterocycles. The fraction of sp³-hybridized carbons (Fsp3) is 0.703. The Morgan fingerprint density at radius 1 is 0.382 bits per heavy atom. The first kappa shape index (κ1) is 72.4. The number of allylic oxidation sites excluding steroid dienone is 16. The topological polar surface area (TPSA) is 155 Å². The van der Waals surface area contributed by atoms with Crippen LogP contribution in [-0.4, -0.2) is 66.5 Å². The van der Waals surface area contributed by atoms with Gasteiger partial charge >= 0.3 is 25.7 Å². The summed E-state index contributed by atoms with van der Waals surface area (Å²) in [5, 5.41) is 9.82. The number of phosphoric ester groups is 1. The number of esters is 3. The van der Waals surface area contributed by atoms with E-state index in [1.165, 1.54) is 32.1 Å². The molecule has 3 atom stereocenters. The summed E-state index contributed by atoms with van der Waals surface area (Å²) in [4.78, 5) is 48.6. The van der Waals surface area contributed by atoms with Gasteiger partial charge in [-0.25, -0.2) is 4.57 Å². The molecule has 0 aliphatic heterocycles. The van der Waals surface area contributed by atoms with Gasteiger partial charge in [-0.1, -0.05) is 214 Å². The minimum atomic E-state index is -4.76. The number of unbranched alkanes of at least 4 members (excludes halogenated alkanes) is 22. The van der Waals surface area contributed by atoms with Gasteiger partial charge in [-0.3, -0.25) is 23.4 Å². The lowest BCUT2D eigenvalue weighted by atomic mass is 10.1. The van der Waals surface area contributed by atoms with E-state index in [2.05, 4.69) is 118 Å². The predicted molar refractivity (Wildman–Crippen MR) is 316 cm³/mol. The molecule has 0 fully saturated rings. The number of aliphatic hydroxyl groups excluding tert-OH is 1. The number of carbonyl (C=O) groups excluding carboxylic acids is 3. The van der Waals surface area contributed by atoms with Gasteiger partial charge in [0, 0.05) is 19.3 Å². The summed E-state index contributed by atoms with van der Waals surface area (Å²) in [5.41, 5.74) is 0. The molecule has 0 saturated heterocycles. The molecular formula is C64H109O11P. The van der Waals surface area contributed by atoms with E-state index in [4.69, 9.17) is 23.3 Å². The normalized spacial score (nSPS) is 14.0. The molecule has 0 aromatic carbocycles. The van der Waals surface area contributed by atoms with E-state index in [1.54, 1.807) is 0 Å². The monoisotopic (exact) mass is 1080 g/mol. The highest BCUT2D eigenvalue weighted by molar-refractivity contribution is 7.47. The largest absolute Gasteiger partial charge is 0.472 e. The highest BCUT2D eigenvalue weighted by Gasteiger charge is 2.28. The first-order valence-corrected chi connectivity index (χ1v) is 31.6. The van der Waals surface area contributed by atoms with E-state index in [1.807, 2.05) is 0 Å². The van der Waals surface area contributed by atoms with E-state index in [0.29, 0.717) is 19.3 Å². The summed E-state index contributed by atoms with van der Waals surface area (Å²) in [5.74, 6) is -1.50. The lowest BCUT2D eigenvalue weighted by Crippen LogP contribution is -2.30. The third-order valence-electron chi connectivity index (χ3n) is 12.5. The number of hydrogen-bond donors (Lipinski definition) is 2. The van der Waals surface area contributed by atoms with Crippen molar-refractivity contribution in [3.05, 3.63) is 97.2 Å². The second-order valence-corrected chi connectivity index (χ2v) is 21.2. The molecule has 0 rings (SSSR count). The Bertz CT molecular complexity index is 1640. The number of hydrogen-bond acceptors (Lipinski definition) is 10. The van der Waals surface area contributed by atoms with E-state index in [-0.39, 0.29) is 25.9 Å². The third-order valence-corrected chi connectivity index (χ3v) is 13.4. The number of aliphatic hydroxyl groups is 1. The van der Waals surface area contributed by atoms with Gasteiger partial charge in [0.2, 0.25) is 0 Å². The molecular weight excluding hydrogens is 976 g/mol. The van der Waals surface area contributed by atoms with Crippen molar-refractivity contribution in [2.24, 2.45) is 0 Å². The van der Waals surface area contributed by atoms with Crippen LogP contribution in [0, 0.1) is 0 Å². The first-order chi connectivity index (χ1) is 37.2. The van der Waals surface area contributed by atoms with Crippen LogP contribution in [0.15, 0.2) is 97.2 Å². The molecule has 0 spiro atoms. The summed E-state index contributed by atoms with van der Waals surface area (Å²) < 4.78 is 39.6. The number of ether oxygens (including phenoxy) is 3. The van der Waals surface area contributed by atoms with Gasteiger partial charge in [0.15, 0.2) is 6.10 Å². The minimum Gasteiger partial charge on any atom is -0.462 e. The Hall–Kier alpha value is -3.60. The molecule has 0 heterocycles. The molecule has 76 heavy (non-hydrogen) atoms. The maximum absolute atomic E-state index is 12.9. The highest BCUT2D eigenvalue weighted by atomic mass is 31.2. The second-order valence-electron chi connectivity index (χ2n) is 19.7. The van der Waals surface area contributed by atoms with Gasteiger partial charge in [-0.05, 0) is 116 Å². The fourth-order valence-corrected chi connectivity index (χ4v) is 8.73. The quantitative estimate of drug-likeness (QED) is 0.0197. The summed E-state index contributed by atoms with van der Waals surface area (Å²) in [7, 11) is -4.76. The Morgan fingerprint density at radius 2 is 0.684 bits per heavy atom. The standard InChI is InChI=1S/C64H109O11P/c1-4-7-10-13-16-19-22-25-27-29-30-32-33-36-38-41-44-47-50-53-62(66)71-57-61(75-64(68)55-52-49-46-43-40-37-34-31-28-26-23-20-17-14-11-8-5-2)59-73-76(69,70)72-58-60(56-65)74-63(67)54-51-48-45-42-39-35-24-21-18-15-12-9-6-3/h7-8,10-11,16-17,19-21,24-28,30,32,60-61,65H,4-6,9,12-15,18,22-23,29,31,33-59H2,1-3H3,(H,69,70)/b10-7-,11-8-,19-16-,20-17-,24-21-,27-25-,28-26-,32-30-. The summed E-state index contributed by atoms with van der Waals surface area (Å²) in [6.45, 7) is 4.38. The summed E-state index contributed by atoms with van der Waals surface area (Å²) in [6.07, 6.45) is 67.8. The van der Waals surface area contributed by atoms with E-state index in [9.17, 15) is 28.9 Å². The smallest absolute Gasteiger partial charge is 0.462 e. The van der Waals surface area contributed by atoms with Crippen molar-refractivity contribution >= 4 is 25.7 Å². The second kappa shape index (κ2) is 57.6. The highest BCUT2D eigenvalue weighted by Crippen LogP contribution is 2.43. The van der Waals surface area contributed by atoms with Crippen LogP contribution in [0.2, 0.25) is 0 Å². The molecule has 0 amide bonds.